The maximum Gasteiger partial charge on any atom is 0.303 e. The molecule has 106 valence electrons. The van der Waals surface area contributed by atoms with Gasteiger partial charge in [-0.15, -0.1) is 0 Å². The van der Waals surface area contributed by atoms with Crippen molar-refractivity contribution in [2.24, 2.45) is 0 Å². The number of pyridine rings is 1. The summed E-state index contributed by atoms with van der Waals surface area (Å²) in [6.45, 7) is 4.13. The minimum Gasteiger partial charge on any atom is -0.504 e. The SMILES string of the molecule is Cc1ccc(O)c(NS(=O)(=O)N2CCCCC2C)n1. The first-order valence-electron chi connectivity index (χ1n) is 6.36. The third-order valence-corrected chi connectivity index (χ3v) is 4.90. The summed E-state index contributed by atoms with van der Waals surface area (Å²) < 4.78 is 28.4. The van der Waals surface area contributed by atoms with E-state index in [1.54, 1.807) is 13.0 Å². The molecule has 1 unspecified atom stereocenters. The van der Waals surface area contributed by atoms with Crippen LogP contribution in [-0.2, 0) is 10.2 Å². The second-order valence-electron chi connectivity index (χ2n) is 4.88. The highest BCUT2D eigenvalue weighted by Gasteiger charge is 2.30. The molecule has 1 aliphatic rings. The standard InChI is InChI=1S/C12H19N3O3S/c1-9-6-7-11(16)12(13-9)14-19(17,18)15-8-4-3-5-10(15)2/h6-7,10,16H,3-5,8H2,1-2H3,(H,13,14). The smallest absolute Gasteiger partial charge is 0.303 e. The minimum atomic E-state index is -3.66. The van der Waals surface area contributed by atoms with Crippen molar-refractivity contribution in [3.05, 3.63) is 17.8 Å². The second kappa shape index (κ2) is 5.34. The van der Waals surface area contributed by atoms with E-state index in [9.17, 15) is 13.5 Å². The van der Waals surface area contributed by atoms with Crippen molar-refractivity contribution in [2.45, 2.75) is 39.2 Å². The number of nitrogens with one attached hydrogen (secondary N) is 1. The first-order valence-corrected chi connectivity index (χ1v) is 7.80. The van der Waals surface area contributed by atoms with Crippen LogP contribution >= 0.6 is 0 Å². The Morgan fingerprint density at radius 1 is 1.42 bits per heavy atom. The molecule has 0 radical (unpaired) electrons. The molecule has 1 aliphatic heterocycles. The molecule has 1 aromatic heterocycles. The van der Waals surface area contributed by atoms with E-state index in [1.165, 1.54) is 10.4 Å². The van der Waals surface area contributed by atoms with E-state index in [2.05, 4.69) is 9.71 Å². The lowest BCUT2D eigenvalue weighted by atomic mass is 10.1. The van der Waals surface area contributed by atoms with Crippen molar-refractivity contribution >= 4 is 16.0 Å². The van der Waals surface area contributed by atoms with Gasteiger partial charge in [0, 0.05) is 18.3 Å². The average molecular weight is 285 g/mol. The fourth-order valence-corrected chi connectivity index (χ4v) is 3.69. The van der Waals surface area contributed by atoms with Crippen molar-refractivity contribution in [3.63, 3.8) is 0 Å². The number of aromatic nitrogens is 1. The van der Waals surface area contributed by atoms with Crippen LogP contribution in [0.4, 0.5) is 5.82 Å². The second-order valence-corrected chi connectivity index (χ2v) is 6.51. The number of aromatic hydroxyl groups is 1. The normalized spacial score (nSPS) is 21.3. The summed E-state index contributed by atoms with van der Waals surface area (Å²) in [5, 5.41) is 9.65. The zero-order valence-electron chi connectivity index (χ0n) is 11.1. The lowest BCUT2D eigenvalue weighted by Crippen LogP contribution is -2.44. The van der Waals surface area contributed by atoms with Crippen LogP contribution < -0.4 is 4.72 Å². The molecule has 1 saturated heterocycles. The predicted octanol–water partition coefficient (Wildman–Crippen LogP) is 1.63. The Labute approximate surface area is 113 Å². The van der Waals surface area contributed by atoms with Crippen molar-refractivity contribution in [3.8, 4) is 5.75 Å². The summed E-state index contributed by atoms with van der Waals surface area (Å²) in [6, 6.07) is 3.02. The van der Waals surface area contributed by atoms with Crippen molar-refractivity contribution in [1.82, 2.24) is 9.29 Å². The monoisotopic (exact) mass is 285 g/mol. The Kier molecular flexibility index (Phi) is 3.96. The van der Waals surface area contributed by atoms with E-state index in [1.807, 2.05) is 6.92 Å². The van der Waals surface area contributed by atoms with Crippen LogP contribution in [0.1, 0.15) is 31.9 Å². The molecule has 2 heterocycles. The number of hydrogen-bond donors (Lipinski definition) is 2. The molecule has 0 bridgehead atoms. The summed E-state index contributed by atoms with van der Waals surface area (Å²) >= 11 is 0. The molecule has 0 saturated carbocycles. The van der Waals surface area contributed by atoms with Crippen LogP contribution in [0.15, 0.2) is 12.1 Å². The van der Waals surface area contributed by atoms with Crippen LogP contribution in [-0.4, -0.2) is 35.4 Å². The fourth-order valence-electron chi connectivity index (χ4n) is 2.23. The van der Waals surface area contributed by atoms with Gasteiger partial charge in [0.2, 0.25) is 0 Å². The van der Waals surface area contributed by atoms with Crippen molar-refractivity contribution < 1.29 is 13.5 Å². The summed E-state index contributed by atoms with van der Waals surface area (Å²) in [4.78, 5) is 4.01. The molecule has 0 aromatic carbocycles. The zero-order valence-corrected chi connectivity index (χ0v) is 11.9. The maximum absolute atomic E-state index is 12.3. The summed E-state index contributed by atoms with van der Waals surface area (Å²) in [5.74, 6) is -0.184. The van der Waals surface area contributed by atoms with Crippen molar-refractivity contribution in [2.75, 3.05) is 11.3 Å². The number of aryl methyl sites for hydroxylation is 1. The molecular weight excluding hydrogens is 266 g/mol. The van der Waals surface area contributed by atoms with E-state index >= 15 is 0 Å². The average Bonchev–Trinajstić information content (AvgIpc) is 2.34. The molecule has 0 aliphatic carbocycles. The van der Waals surface area contributed by atoms with Gasteiger partial charge in [-0.2, -0.15) is 12.7 Å². The van der Waals surface area contributed by atoms with Gasteiger partial charge in [0.1, 0.15) is 0 Å². The number of anilines is 1. The Bertz CT molecular complexity index is 559. The van der Waals surface area contributed by atoms with Gasteiger partial charge in [-0.05, 0) is 38.8 Å². The van der Waals surface area contributed by atoms with Gasteiger partial charge in [0.25, 0.3) is 0 Å². The number of nitrogens with zero attached hydrogens (tertiary/aromatic N) is 2. The quantitative estimate of drug-likeness (QED) is 0.884. The largest absolute Gasteiger partial charge is 0.504 e. The zero-order chi connectivity index (χ0) is 14.0. The number of piperidine rings is 1. The molecule has 7 heteroatoms. The Morgan fingerprint density at radius 3 is 2.84 bits per heavy atom. The first-order chi connectivity index (χ1) is 8.90. The highest BCUT2D eigenvalue weighted by molar-refractivity contribution is 7.90. The Balaban J connectivity index is 2.23. The molecule has 6 nitrogen and oxygen atoms in total. The van der Waals surface area contributed by atoms with Crippen LogP contribution in [0.3, 0.4) is 0 Å². The van der Waals surface area contributed by atoms with E-state index in [-0.39, 0.29) is 17.6 Å². The van der Waals surface area contributed by atoms with Crippen LogP contribution in [0, 0.1) is 6.92 Å². The molecule has 0 amide bonds. The molecule has 0 spiro atoms. The highest BCUT2D eigenvalue weighted by Crippen LogP contribution is 2.25. The van der Waals surface area contributed by atoms with Crippen molar-refractivity contribution in [1.29, 1.82) is 0 Å². The number of hydrogen-bond acceptors (Lipinski definition) is 4. The predicted molar refractivity (Wildman–Crippen MR) is 73.2 cm³/mol. The van der Waals surface area contributed by atoms with Gasteiger partial charge in [-0.1, -0.05) is 6.42 Å². The van der Waals surface area contributed by atoms with E-state index in [4.69, 9.17) is 0 Å². The maximum atomic E-state index is 12.3. The molecule has 1 atom stereocenters. The van der Waals surface area contributed by atoms with Gasteiger partial charge in [-0.25, -0.2) is 4.98 Å². The lowest BCUT2D eigenvalue weighted by molar-refractivity contribution is 0.270. The van der Waals surface area contributed by atoms with E-state index < -0.39 is 10.2 Å². The molecular formula is C12H19N3O3S. The molecule has 1 aromatic rings. The number of rotatable bonds is 3. The summed E-state index contributed by atoms with van der Waals surface area (Å²) in [5.41, 5.74) is 0.641. The minimum absolute atomic E-state index is 0.0160. The highest BCUT2D eigenvalue weighted by atomic mass is 32.2. The fraction of sp³-hybridized carbons (Fsp3) is 0.583. The Morgan fingerprint density at radius 2 is 2.16 bits per heavy atom. The van der Waals surface area contributed by atoms with Crippen LogP contribution in [0.25, 0.3) is 0 Å². The third-order valence-electron chi connectivity index (χ3n) is 3.29. The third kappa shape index (κ3) is 3.16. The topological polar surface area (TPSA) is 82.5 Å². The molecule has 19 heavy (non-hydrogen) atoms. The summed E-state index contributed by atoms with van der Waals surface area (Å²) in [6.07, 6.45) is 2.76. The Hall–Kier alpha value is -1.34. The lowest BCUT2D eigenvalue weighted by Gasteiger charge is -2.32. The van der Waals surface area contributed by atoms with Gasteiger partial charge >= 0.3 is 10.2 Å². The van der Waals surface area contributed by atoms with Gasteiger partial charge in [0.15, 0.2) is 11.6 Å². The first kappa shape index (κ1) is 14.1. The van der Waals surface area contributed by atoms with Gasteiger partial charge in [-0.3, -0.25) is 4.72 Å². The molecule has 2 rings (SSSR count). The van der Waals surface area contributed by atoms with Crippen LogP contribution in [0.5, 0.6) is 5.75 Å². The van der Waals surface area contributed by atoms with Gasteiger partial charge in [0.05, 0.1) is 0 Å². The molecule has 2 N–H and O–H groups in total. The van der Waals surface area contributed by atoms with Crippen LogP contribution in [0.2, 0.25) is 0 Å². The summed E-state index contributed by atoms with van der Waals surface area (Å²) in [7, 11) is -3.66. The van der Waals surface area contributed by atoms with E-state index in [0.717, 1.165) is 19.3 Å². The van der Waals surface area contributed by atoms with Gasteiger partial charge < -0.3 is 5.11 Å². The van der Waals surface area contributed by atoms with E-state index in [0.29, 0.717) is 12.2 Å². The molecule has 1 fully saturated rings.